The lowest BCUT2D eigenvalue weighted by molar-refractivity contribution is 0.726. The zero-order valence-corrected chi connectivity index (χ0v) is 16.0. The third-order valence-corrected chi connectivity index (χ3v) is 3.62. The van der Waals surface area contributed by atoms with Gasteiger partial charge in [-0.2, -0.15) is 0 Å². The maximum Gasteiger partial charge on any atom is 0.191 e. The van der Waals surface area contributed by atoms with Crippen LogP contribution in [-0.2, 0) is 13.6 Å². The molecule has 1 aromatic rings. The number of hydrogen-bond acceptors (Lipinski definition) is 1. The summed E-state index contributed by atoms with van der Waals surface area (Å²) in [5.74, 6) is 0.824. The summed E-state index contributed by atoms with van der Waals surface area (Å²) in [4.78, 5) is 4.53. The van der Waals surface area contributed by atoms with Gasteiger partial charge in [0.1, 0.15) is 5.15 Å². The normalized spacial score (nSPS) is 11.2. The van der Waals surface area contributed by atoms with E-state index in [0.29, 0.717) is 16.7 Å². The minimum Gasteiger partial charge on any atom is -0.357 e. The van der Waals surface area contributed by atoms with Crippen LogP contribution in [0.5, 0.6) is 0 Å². The van der Waals surface area contributed by atoms with Crippen LogP contribution in [0.3, 0.4) is 0 Å². The van der Waals surface area contributed by atoms with E-state index >= 15 is 0 Å². The van der Waals surface area contributed by atoms with Gasteiger partial charge in [0, 0.05) is 25.8 Å². The molecule has 0 spiro atoms. The summed E-state index contributed by atoms with van der Waals surface area (Å²) in [6, 6.07) is 1.85. The van der Waals surface area contributed by atoms with Crippen molar-refractivity contribution in [2.24, 2.45) is 12.0 Å². The Morgan fingerprint density at radius 1 is 1.30 bits per heavy atom. The average molecular weight is 433 g/mol. The van der Waals surface area contributed by atoms with Crippen LogP contribution < -0.4 is 10.6 Å². The van der Waals surface area contributed by atoms with E-state index in [1.54, 1.807) is 0 Å². The molecule has 0 radical (unpaired) electrons. The van der Waals surface area contributed by atoms with Gasteiger partial charge in [-0.3, -0.25) is 0 Å². The minimum atomic E-state index is 0. The third kappa shape index (κ3) is 6.10. The molecular weight excluding hydrogens is 410 g/mol. The number of aromatic nitrogens is 1. The van der Waals surface area contributed by atoms with Crippen LogP contribution in [0.4, 0.5) is 0 Å². The van der Waals surface area contributed by atoms with Gasteiger partial charge in [-0.05, 0) is 19.4 Å². The molecule has 0 bridgehead atoms. The summed E-state index contributed by atoms with van der Waals surface area (Å²) in [6.45, 7) is 6.53. The number of guanidine groups is 1. The van der Waals surface area contributed by atoms with Gasteiger partial charge in [-0.15, -0.1) is 24.0 Å². The number of nitrogens with one attached hydrogen (secondary N) is 2. The topological polar surface area (TPSA) is 41.4 Å². The van der Waals surface area contributed by atoms with Crippen molar-refractivity contribution >= 4 is 53.1 Å². The Hall–Kier alpha value is -0.140. The molecule has 116 valence electrons. The van der Waals surface area contributed by atoms with E-state index in [9.17, 15) is 0 Å². The van der Waals surface area contributed by atoms with Crippen LogP contribution in [-0.4, -0.2) is 23.6 Å². The molecule has 0 aliphatic carbocycles. The first-order chi connectivity index (χ1) is 9.10. The molecule has 0 amide bonds. The standard InChI is InChI=1S/C13H22Cl2N4.HI/c1-4-6-7-17-13(16-5-2)18-9-10-8-11(14)12(15)19(10)3;/h8H,4-7,9H2,1-3H3,(H2,16,17,18);1H. The Morgan fingerprint density at radius 2 is 2.00 bits per heavy atom. The fourth-order valence-corrected chi connectivity index (χ4v) is 2.04. The first-order valence-electron chi connectivity index (χ1n) is 6.61. The van der Waals surface area contributed by atoms with Gasteiger partial charge in [-0.25, -0.2) is 4.99 Å². The Kier molecular flexibility index (Phi) is 10.5. The molecule has 0 aliphatic rings. The molecule has 1 heterocycles. The first-order valence-corrected chi connectivity index (χ1v) is 7.37. The van der Waals surface area contributed by atoms with Crippen molar-refractivity contribution in [2.45, 2.75) is 33.2 Å². The second-order valence-corrected chi connectivity index (χ2v) is 5.07. The lowest BCUT2D eigenvalue weighted by atomic mass is 10.3. The first kappa shape index (κ1) is 19.9. The van der Waals surface area contributed by atoms with Crippen molar-refractivity contribution in [1.82, 2.24) is 15.2 Å². The Balaban J connectivity index is 0.00000361. The third-order valence-electron chi connectivity index (χ3n) is 2.78. The lowest BCUT2D eigenvalue weighted by Gasteiger charge is -2.10. The molecule has 0 fully saturated rings. The predicted octanol–water partition coefficient (Wildman–Crippen LogP) is 3.81. The van der Waals surface area contributed by atoms with E-state index < -0.39 is 0 Å². The van der Waals surface area contributed by atoms with Crippen molar-refractivity contribution < 1.29 is 0 Å². The maximum atomic E-state index is 6.03. The molecule has 0 unspecified atom stereocenters. The second kappa shape index (κ2) is 10.6. The summed E-state index contributed by atoms with van der Waals surface area (Å²) >= 11 is 12.0. The fraction of sp³-hybridized carbons (Fsp3) is 0.615. The molecule has 0 saturated carbocycles. The smallest absolute Gasteiger partial charge is 0.191 e. The van der Waals surface area contributed by atoms with Gasteiger partial charge in [0.15, 0.2) is 5.96 Å². The Labute approximate surface area is 148 Å². The maximum absolute atomic E-state index is 6.03. The van der Waals surface area contributed by atoms with Crippen LogP contribution in [0, 0.1) is 0 Å². The van der Waals surface area contributed by atoms with Gasteiger partial charge >= 0.3 is 0 Å². The monoisotopic (exact) mass is 432 g/mol. The van der Waals surface area contributed by atoms with Crippen LogP contribution in [0.1, 0.15) is 32.4 Å². The Bertz CT molecular complexity index is 432. The molecule has 0 atom stereocenters. The van der Waals surface area contributed by atoms with Crippen LogP contribution in [0.15, 0.2) is 11.1 Å². The van der Waals surface area contributed by atoms with Crippen molar-refractivity contribution in [1.29, 1.82) is 0 Å². The average Bonchev–Trinajstić information content (AvgIpc) is 2.64. The van der Waals surface area contributed by atoms with Crippen molar-refractivity contribution in [3.05, 3.63) is 21.9 Å². The quantitative estimate of drug-likeness (QED) is 0.310. The zero-order chi connectivity index (χ0) is 14.3. The molecular formula is C13H23Cl2IN4. The van der Waals surface area contributed by atoms with Gasteiger partial charge < -0.3 is 15.2 Å². The van der Waals surface area contributed by atoms with E-state index in [2.05, 4.69) is 22.5 Å². The van der Waals surface area contributed by atoms with Crippen LogP contribution in [0.2, 0.25) is 10.2 Å². The van der Waals surface area contributed by atoms with E-state index in [1.807, 2.05) is 24.6 Å². The van der Waals surface area contributed by atoms with E-state index in [1.165, 1.54) is 0 Å². The van der Waals surface area contributed by atoms with Crippen LogP contribution >= 0.6 is 47.2 Å². The summed E-state index contributed by atoms with van der Waals surface area (Å²) in [5.41, 5.74) is 0.989. The van der Waals surface area contributed by atoms with E-state index in [-0.39, 0.29) is 24.0 Å². The summed E-state index contributed by atoms with van der Waals surface area (Å²) in [5, 5.41) is 7.63. The number of hydrogen-bond donors (Lipinski definition) is 2. The highest BCUT2D eigenvalue weighted by Gasteiger charge is 2.08. The number of nitrogens with zero attached hydrogens (tertiary/aromatic N) is 2. The molecule has 0 saturated heterocycles. The summed E-state index contributed by atoms with van der Waals surface area (Å²) < 4.78 is 1.85. The molecule has 20 heavy (non-hydrogen) atoms. The molecule has 1 aromatic heterocycles. The van der Waals surface area contributed by atoms with Crippen LogP contribution in [0.25, 0.3) is 0 Å². The summed E-state index contributed by atoms with van der Waals surface area (Å²) in [7, 11) is 1.89. The fourth-order valence-electron chi connectivity index (χ4n) is 1.63. The summed E-state index contributed by atoms with van der Waals surface area (Å²) in [6.07, 6.45) is 2.29. The van der Waals surface area contributed by atoms with E-state index in [4.69, 9.17) is 23.2 Å². The number of halogens is 3. The molecule has 0 aliphatic heterocycles. The lowest BCUT2D eigenvalue weighted by Crippen LogP contribution is -2.37. The van der Waals surface area contributed by atoms with Crippen molar-refractivity contribution in [3.8, 4) is 0 Å². The molecule has 2 N–H and O–H groups in total. The zero-order valence-electron chi connectivity index (χ0n) is 12.2. The highest BCUT2D eigenvalue weighted by atomic mass is 127. The second-order valence-electron chi connectivity index (χ2n) is 4.31. The predicted molar refractivity (Wildman–Crippen MR) is 98.6 cm³/mol. The minimum absolute atomic E-state index is 0. The van der Waals surface area contributed by atoms with Gasteiger partial charge in [0.2, 0.25) is 0 Å². The van der Waals surface area contributed by atoms with Crippen molar-refractivity contribution in [2.75, 3.05) is 13.1 Å². The SMILES string of the molecule is CCCCNC(=NCc1cc(Cl)c(Cl)n1C)NCC.I. The molecule has 1 rings (SSSR count). The highest BCUT2D eigenvalue weighted by molar-refractivity contribution is 14.0. The van der Waals surface area contributed by atoms with Gasteiger partial charge in [0.25, 0.3) is 0 Å². The van der Waals surface area contributed by atoms with E-state index in [0.717, 1.165) is 37.6 Å². The number of aliphatic imine (C=N–C) groups is 1. The molecule has 4 nitrogen and oxygen atoms in total. The molecule has 7 heteroatoms. The van der Waals surface area contributed by atoms with Gasteiger partial charge in [0.05, 0.1) is 11.6 Å². The van der Waals surface area contributed by atoms with Crippen molar-refractivity contribution in [3.63, 3.8) is 0 Å². The largest absolute Gasteiger partial charge is 0.357 e. The molecule has 0 aromatic carbocycles. The Morgan fingerprint density at radius 3 is 2.50 bits per heavy atom. The highest BCUT2D eigenvalue weighted by Crippen LogP contribution is 2.25. The van der Waals surface area contributed by atoms with Gasteiger partial charge in [-0.1, -0.05) is 36.5 Å². The number of rotatable bonds is 6. The number of unbranched alkanes of at least 4 members (excludes halogenated alkanes) is 1.